The number of hydrogen-bond donors (Lipinski definition) is 2. The van der Waals surface area contributed by atoms with Gasteiger partial charge in [-0.1, -0.05) is 12.1 Å². The quantitative estimate of drug-likeness (QED) is 0.486. The Hall–Kier alpha value is -3.38. The number of fused-ring (bicyclic) bond motifs is 1. The standard InChI is InChI=1S/C24H30F2N8O2/c1-32(2)14-21(35)27-15-11-16(12-15)28-24-30-19(33-7-9-36-10-8-33)13-20(31-24)34-18-6-4-3-5-17(18)29-23(34)22(25)26/h3-6,13,15-16,22H,7-12,14H2,1-2H3,(H,27,35)(H,28,30,31)/t15-,16-. The molecule has 1 saturated carbocycles. The molecular weight excluding hydrogens is 470 g/mol. The molecule has 2 aliphatic rings. The Morgan fingerprint density at radius 3 is 2.56 bits per heavy atom. The Morgan fingerprint density at radius 2 is 1.83 bits per heavy atom. The number of halogens is 2. The molecule has 12 heteroatoms. The van der Waals surface area contributed by atoms with Crippen LogP contribution in [0.5, 0.6) is 0 Å². The minimum Gasteiger partial charge on any atom is -0.378 e. The second kappa shape index (κ2) is 10.3. The van der Waals surface area contributed by atoms with Gasteiger partial charge in [-0.15, -0.1) is 0 Å². The summed E-state index contributed by atoms with van der Waals surface area (Å²) in [5.41, 5.74) is 1.03. The number of benzene rings is 1. The summed E-state index contributed by atoms with van der Waals surface area (Å²) in [5, 5.41) is 6.36. The summed E-state index contributed by atoms with van der Waals surface area (Å²) in [4.78, 5) is 29.4. The maximum absolute atomic E-state index is 14.0. The van der Waals surface area contributed by atoms with E-state index in [-0.39, 0.29) is 23.8 Å². The third kappa shape index (κ3) is 5.24. The van der Waals surface area contributed by atoms with Crippen LogP contribution in [0.2, 0.25) is 0 Å². The van der Waals surface area contributed by atoms with Gasteiger partial charge in [-0.05, 0) is 39.1 Å². The summed E-state index contributed by atoms with van der Waals surface area (Å²) >= 11 is 0. The largest absolute Gasteiger partial charge is 0.378 e. The zero-order valence-corrected chi connectivity index (χ0v) is 20.3. The first kappa shape index (κ1) is 24.3. The first-order valence-electron chi connectivity index (χ1n) is 12.1. The number of likely N-dealkylation sites (N-methyl/N-ethyl adjacent to an activating group) is 1. The van der Waals surface area contributed by atoms with Crippen LogP contribution in [-0.4, -0.2) is 89.4 Å². The topological polar surface area (TPSA) is 100 Å². The number of imidazole rings is 1. The molecule has 1 amide bonds. The van der Waals surface area contributed by atoms with Crippen LogP contribution in [0.1, 0.15) is 25.1 Å². The van der Waals surface area contributed by atoms with Crippen LogP contribution in [0.3, 0.4) is 0 Å². The van der Waals surface area contributed by atoms with E-state index in [0.717, 1.165) is 12.8 Å². The summed E-state index contributed by atoms with van der Waals surface area (Å²) in [5.74, 6) is 0.950. The van der Waals surface area contributed by atoms with Crippen molar-refractivity contribution >= 4 is 28.7 Å². The molecule has 0 unspecified atom stereocenters. The predicted octanol–water partition coefficient (Wildman–Crippen LogP) is 2.21. The van der Waals surface area contributed by atoms with Gasteiger partial charge in [-0.3, -0.25) is 9.36 Å². The number of carbonyl (C=O) groups is 1. The number of nitrogens with zero attached hydrogens (tertiary/aromatic N) is 6. The van der Waals surface area contributed by atoms with E-state index >= 15 is 0 Å². The Morgan fingerprint density at radius 1 is 1.11 bits per heavy atom. The number of alkyl halides is 2. The Labute approximate surface area is 207 Å². The molecule has 5 rings (SSSR count). The van der Waals surface area contributed by atoms with Crippen molar-refractivity contribution in [1.29, 1.82) is 0 Å². The lowest BCUT2D eigenvalue weighted by molar-refractivity contribution is -0.122. The Kier molecular flexibility index (Phi) is 6.97. The number of ether oxygens (including phenoxy) is 1. The highest BCUT2D eigenvalue weighted by Crippen LogP contribution is 2.30. The Bertz CT molecular complexity index is 1220. The van der Waals surface area contributed by atoms with Gasteiger partial charge in [0.1, 0.15) is 11.6 Å². The van der Waals surface area contributed by atoms with Gasteiger partial charge >= 0.3 is 0 Å². The lowest BCUT2D eigenvalue weighted by Crippen LogP contribution is -2.51. The summed E-state index contributed by atoms with van der Waals surface area (Å²) in [7, 11) is 3.70. The smallest absolute Gasteiger partial charge is 0.296 e. The second-order valence-electron chi connectivity index (χ2n) is 9.42. The van der Waals surface area contributed by atoms with Crippen LogP contribution in [0, 0.1) is 0 Å². The third-order valence-electron chi connectivity index (χ3n) is 6.34. The number of para-hydroxylation sites is 2. The number of anilines is 2. The lowest BCUT2D eigenvalue weighted by Gasteiger charge is -2.36. The molecule has 10 nitrogen and oxygen atoms in total. The van der Waals surface area contributed by atoms with E-state index in [1.165, 1.54) is 4.57 Å². The molecule has 2 N–H and O–H groups in total. The predicted molar refractivity (Wildman–Crippen MR) is 132 cm³/mol. The average Bonchev–Trinajstić information content (AvgIpc) is 3.23. The third-order valence-corrected chi connectivity index (χ3v) is 6.34. The maximum atomic E-state index is 14.0. The summed E-state index contributed by atoms with van der Waals surface area (Å²) in [6, 6.07) is 8.90. The van der Waals surface area contributed by atoms with E-state index in [9.17, 15) is 13.6 Å². The summed E-state index contributed by atoms with van der Waals surface area (Å²) in [6.45, 7) is 2.76. The lowest BCUT2D eigenvalue weighted by atomic mass is 9.87. The number of morpholine rings is 1. The van der Waals surface area contributed by atoms with Gasteiger partial charge in [0, 0.05) is 31.2 Å². The van der Waals surface area contributed by atoms with Crippen molar-refractivity contribution in [3.05, 3.63) is 36.2 Å². The molecule has 2 fully saturated rings. The zero-order chi connectivity index (χ0) is 25.2. The molecule has 0 radical (unpaired) electrons. The van der Waals surface area contributed by atoms with Gasteiger partial charge in [0.2, 0.25) is 11.9 Å². The van der Waals surface area contributed by atoms with Crippen LogP contribution < -0.4 is 15.5 Å². The highest BCUT2D eigenvalue weighted by molar-refractivity contribution is 5.79. The normalized spacial score (nSPS) is 20.1. The van der Waals surface area contributed by atoms with Gasteiger partial charge in [0.05, 0.1) is 30.8 Å². The highest BCUT2D eigenvalue weighted by Gasteiger charge is 2.31. The van der Waals surface area contributed by atoms with Crippen molar-refractivity contribution < 1.29 is 18.3 Å². The van der Waals surface area contributed by atoms with Crippen LogP contribution in [-0.2, 0) is 9.53 Å². The van der Waals surface area contributed by atoms with E-state index in [0.29, 0.717) is 61.5 Å². The molecule has 1 aliphatic carbocycles. The van der Waals surface area contributed by atoms with Crippen LogP contribution >= 0.6 is 0 Å². The van der Waals surface area contributed by atoms with Crippen molar-refractivity contribution in [2.24, 2.45) is 0 Å². The van der Waals surface area contributed by atoms with Crippen LogP contribution in [0.25, 0.3) is 16.9 Å². The van der Waals surface area contributed by atoms with Crippen LogP contribution in [0.15, 0.2) is 30.3 Å². The molecule has 3 heterocycles. The second-order valence-corrected chi connectivity index (χ2v) is 9.42. The zero-order valence-electron chi connectivity index (χ0n) is 20.3. The molecule has 36 heavy (non-hydrogen) atoms. The number of nitrogens with one attached hydrogen (secondary N) is 2. The van der Waals surface area contributed by atoms with Crippen molar-refractivity contribution in [2.75, 3.05) is 57.2 Å². The number of hydrogen-bond acceptors (Lipinski definition) is 8. The molecule has 1 saturated heterocycles. The molecule has 0 spiro atoms. The van der Waals surface area contributed by atoms with Gasteiger partial charge in [0.25, 0.3) is 6.43 Å². The number of aromatic nitrogens is 4. The van der Waals surface area contributed by atoms with Gasteiger partial charge in [-0.2, -0.15) is 9.97 Å². The fraction of sp³-hybridized carbons (Fsp3) is 0.500. The van der Waals surface area contributed by atoms with Gasteiger partial charge < -0.3 is 25.2 Å². The van der Waals surface area contributed by atoms with Crippen molar-refractivity contribution in [3.63, 3.8) is 0 Å². The van der Waals surface area contributed by atoms with E-state index in [2.05, 4.69) is 25.5 Å². The Balaban J connectivity index is 1.42. The summed E-state index contributed by atoms with van der Waals surface area (Å²) in [6.07, 6.45) is -1.31. The van der Waals surface area contributed by atoms with Crippen LogP contribution in [0.4, 0.5) is 20.5 Å². The molecule has 0 bridgehead atoms. The van der Waals surface area contributed by atoms with Crippen molar-refractivity contribution in [2.45, 2.75) is 31.4 Å². The molecule has 0 atom stereocenters. The van der Waals surface area contributed by atoms with Crippen molar-refractivity contribution in [3.8, 4) is 5.82 Å². The number of amides is 1. The van der Waals surface area contributed by atoms with E-state index in [1.54, 1.807) is 30.3 Å². The first-order chi connectivity index (χ1) is 17.4. The van der Waals surface area contributed by atoms with Crippen molar-refractivity contribution in [1.82, 2.24) is 29.7 Å². The molecule has 1 aliphatic heterocycles. The molecule has 3 aromatic rings. The number of rotatable bonds is 8. The average molecular weight is 501 g/mol. The monoisotopic (exact) mass is 500 g/mol. The molecule has 2 aromatic heterocycles. The van der Waals surface area contributed by atoms with Gasteiger partial charge in [-0.25, -0.2) is 13.8 Å². The minimum absolute atomic E-state index is 0.0113. The highest BCUT2D eigenvalue weighted by atomic mass is 19.3. The fourth-order valence-corrected chi connectivity index (χ4v) is 4.58. The van der Waals surface area contributed by atoms with Gasteiger partial charge in [0.15, 0.2) is 5.82 Å². The maximum Gasteiger partial charge on any atom is 0.296 e. The fourth-order valence-electron chi connectivity index (χ4n) is 4.58. The molecule has 192 valence electrons. The van der Waals surface area contributed by atoms with E-state index in [4.69, 9.17) is 9.72 Å². The first-order valence-corrected chi connectivity index (χ1v) is 12.1. The SMILES string of the molecule is CN(C)CC(=O)N[C@H]1C[C@H](Nc2nc(N3CCOCC3)cc(-n3c(C(F)F)nc4ccccc43)n2)C1. The van der Waals surface area contributed by atoms with E-state index in [1.807, 2.05) is 19.0 Å². The number of carbonyl (C=O) groups excluding carboxylic acids is 1. The molecule has 1 aromatic carbocycles. The summed E-state index contributed by atoms with van der Waals surface area (Å²) < 4.78 is 34.9. The molecular formula is C24H30F2N8O2. The van der Waals surface area contributed by atoms with E-state index < -0.39 is 6.43 Å². The minimum atomic E-state index is -2.77.